The Balaban J connectivity index is 1.85. The number of nitrogens with one attached hydrogen (secondary N) is 1. The highest BCUT2D eigenvalue weighted by Gasteiger charge is 2.15. The summed E-state index contributed by atoms with van der Waals surface area (Å²) in [5.41, 5.74) is 1.43. The molecule has 4 heteroatoms. The van der Waals surface area contributed by atoms with Gasteiger partial charge in [0.2, 0.25) is 0 Å². The van der Waals surface area contributed by atoms with Crippen molar-refractivity contribution in [1.29, 1.82) is 0 Å². The van der Waals surface area contributed by atoms with E-state index in [0.29, 0.717) is 16.3 Å². The third-order valence-corrected chi connectivity index (χ3v) is 4.08. The number of carbonyl (C=O) groups excluding carboxylic acids is 1. The van der Waals surface area contributed by atoms with Crippen molar-refractivity contribution in [3.63, 3.8) is 0 Å². The first-order chi connectivity index (χ1) is 11.6. The Morgan fingerprint density at radius 2 is 1.67 bits per heavy atom. The van der Waals surface area contributed by atoms with E-state index in [0.717, 1.165) is 11.3 Å². The Hall–Kier alpha value is -2.88. The molecule has 0 aliphatic carbocycles. The molecule has 122 valence electrons. The van der Waals surface area contributed by atoms with Crippen LogP contribution in [0.3, 0.4) is 0 Å². The van der Waals surface area contributed by atoms with Gasteiger partial charge in [-0.15, -0.1) is 0 Å². The summed E-state index contributed by atoms with van der Waals surface area (Å²) < 4.78 is 19.0. The predicted octanol–water partition coefficient (Wildman–Crippen LogP) is 4.48. The molecule has 1 N–H and O–H groups in total. The molecule has 0 saturated heterocycles. The molecule has 24 heavy (non-hydrogen) atoms. The fourth-order valence-corrected chi connectivity index (χ4v) is 2.71. The van der Waals surface area contributed by atoms with Gasteiger partial charge in [-0.05, 0) is 42.1 Å². The third-order valence-electron chi connectivity index (χ3n) is 4.08. The molecule has 0 aromatic heterocycles. The summed E-state index contributed by atoms with van der Waals surface area (Å²) in [6, 6.07) is 17.2. The van der Waals surface area contributed by atoms with Gasteiger partial charge >= 0.3 is 0 Å². The standard InChI is InChI=1S/C20H18FNO2/c1-13(14-7-9-15(24-2)10-8-14)22-20(23)18-11-12-19(21)17-6-4-3-5-16(17)18/h3-13H,1-2H3,(H,22,23)/t13-/m1/s1. The van der Waals surface area contributed by atoms with E-state index in [1.54, 1.807) is 31.4 Å². The van der Waals surface area contributed by atoms with Crippen molar-refractivity contribution in [3.05, 3.63) is 77.6 Å². The van der Waals surface area contributed by atoms with Crippen molar-refractivity contribution < 1.29 is 13.9 Å². The summed E-state index contributed by atoms with van der Waals surface area (Å²) in [5.74, 6) is 0.210. The zero-order chi connectivity index (χ0) is 17.1. The summed E-state index contributed by atoms with van der Waals surface area (Å²) in [6.45, 7) is 1.91. The average molecular weight is 323 g/mol. The Morgan fingerprint density at radius 3 is 2.33 bits per heavy atom. The third kappa shape index (κ3) is 3.08. The minimum atomic E-state index is -0.328. The zero-order valence-corrected chi connectivity index (χ0v) is 13.5. The van der Waals surface area contributed by atoms with Crippen LogP contribution in [-0.2, 0) is 0 Å². The molecular formula is C20H18FNO2. The van der Waals surface area contributed by atoms with E-state index in [1.807, 2.05) is 31.2 Å². The van der Waals surface area contributed by atoms with Gasteiger partial charge in [-0.3, -0.25) is 4.79 Å². The maximum atomic E-state index is 13.9. The Bertz CT molecular complexity index is 874. The van der Waals surface area contributed by atoms with Crippen LogP contribution in [0.1, 0.15) is 28.9 Å². The summed E-state index contributed by atoms with van der Waals surface area (Å²) >= 11 is 0. The molecule has 3 nitrogen and oxygen atoms in total. The van der Waals surface area contributed by atoms with Gasteiger partial charge in [0.25, 0.3) is 5.91 Å². The number of hydrogen-bond donors (Lipinski definition) is 1. The molecule has 3 aromatic rings. The number of fused-ring (bicyclic) bond motifs is 1. The molecule has 1 amide bonds. The quantitative estimate of drug-likeness (QED) is 0.769. The van der Waals surface area contributed by atoms with E-state index in [4.69, 9.17) is 4.74 Å². The molecule has 0 bridgehead atoms. The van der Waals surface area contributed by atoms with Crippen LogP contribution in [-0.4, -0.2) is 13.0 Å². The summed E-state index contributed by atoms with van der Waals surface area (Å²) in [6.07, 6.45) is 0. The number of halogens is 1. The molecule has 0 spiro atoms. The van der Waals surface area contributed by atoms with Crippen LogP contribution in [0.2, 0.25) is 0 Å². The van der Waals surface area contributed by atoms with E-state index in [9.17, 15) is 9.18 Å². The van der Waals surface area contributed by atoms with Crippen molar-refractivity contribution in [1.82, 2.24) is 5.32 Å². The second-order valence-electron chi connectivity index (χ2n) is 5.61. The first-order valence-corrected chi connectivity index (χ1v) is 7.72. The molecular weight excluding hydrogens is 305 g/mol. The first kappa shape index (κ1) is 16.0. The van der Waals surface area contributed by atoms with Crippen LogP contribution in [0.25, 0.3) is 10.8 Å². The number of methoxy groups -OCH3 is 1. The number of ether oxygens (including phenoxy) is 1. The van der Waals surface area contributed by atoms with Gasteiger partial charge in [0.05, 0.1) is 13.2 Å². The monoisotopic (exact) mass is 323 g/mol. The first-order valence-electron chi connectivity index (χ1n) is 7.72. The molecule has 0 saturated carbocycles. The van der Waals surface area contributed by atoms with Gasteiger partial charge in [-0.25, -0.2) is 4.39 Å². The SMILES string of the molecule is COc1ccc([C@@H](C)NC(=O)c2ccc(F)c3ccccc23)cc1. The zero-order valence-electron chi connectivity index (χ0n) is 13.5. The largest absolute Gasteiger partial charge is 0.497 e. The van der Waals surface area contributed by atoms with Crippen LogP contribution in [0.5, 0.6) is 5.75 Å². The number of benzene rings is 3. The maximum absolute atomic E-state index is 13.9. The number of carbonyl (C=O) groups is 1. The molecule has 0 aliphatic heterocycles. The molecule has 3 rings (SSSR count). The lowest BCUT2D eigenvalue weighted by molar-refractivity contribution is 0.0941. The van der Waals surface area contributed by atoms with Crippen molar-refractivity contribution in [2.24, 2.45) is 0 Å². The van der Waals surface area contributed by atoms with Gasteiger partial charge in [-0.2, -0.15) is 0 Å². The molecule has 0 aliphatic rings. The van der Waals surface area contributed by atoms with E-state index in [-0.39, 0.29) is 17.8 Å². The minimum Gasteiger partial charge on any atom is -0.497 e. The fraction of sp³-hybridized carbons (Fsp3) is 0.150. The smallest absolute Gasteiger partial charge is 0.252 e. The number of hydrogen-bond acceptors (Lipinski definition) is 2. The van der Waals surface area contributed by atoms with E-state index >= 15 is 0 Å². The van der Waals surface area contributed by atoms with E-state index < -0.39 is 0 Å². The summed E-state index contributed by atoms with van der Waals surface area (Å²) in [4.78, 5) is 12.6. The maximum Gasteiger partial charge on any atom is 0.252 e. The Morgan fingerprint density at radius 1 is 1.00 bits per heavy atom. The van der Waals surface area contributed by atoms with Gasteiger partial charge < -0.3 is 10.1 Å². The van der Waals surface area contributed by atoms with Gasteiger partial charge in [-0.1, -0.05) is 36.4 Å². The highest BCUT2D eigenvalue weighted by Crippen LogP contribution is 2.23. The van der Waals surface area contributed by atoms with Crippen molar-refractivity contribution in [3.8, 4) is 5.75 Å². The second-order valence-corrected chi connectivity index (χ2v) is 5.61. The molecule has 0 radical (unpaired) electrons. The van der Waals surface area contributed by atoms with Crippen molar-refractivity contribution in [2.45, 2.75) is 13.0 Å². The molecule has 1 atom stereocenters. The van der Waals surface area contributed by atoms with Gasteiger partial charge in [0.15, 0.2) is 0 Å². The number of amides is 1. The van der Waals surface area contributed by atoms with E-state index in [2.05, 4.69) is 5.32 Å². The van der Waals surface area contributed by atoms with Crippen molar-refractivity contribution >= 4 is 16.7 Å². The second kappa shape index (κ2) is 6.71. The molecule has 0 unspecified atom stereocenters. The van der Waals surface area contributed by atoms with E-state index in [1.165, 1.54) is 12.1 Å². The van der Waals surface area contributed by atoms with Crippen LogP contribution in [0, 0.1) is 5.82 Å². The predicted molar refractivity (Wildman–Crippen MR) is 92.8 cm³/mol. The molecule has 0 heterocycles. The molecule has 3 aromatic carbocycles. The summed E-state index contributed by atoms with van der Waals surface area (Å²) in [7, 11) is 1.61. The fourth-order valence-electron chi connectivity index (χ4n) is 2.71. The van der Waals surface area contributed by atoms with Crippen LogP contribution in [0.4, 0.5) is 4.39 Å². The average Bonchev–Trinajstić information content (AvgIpc) is 2.62. The minimum absolute atomic E-state index is 0.174. The lowest BCUT2D eigenvalue weighted by Gasteiger charge is -2.16. The Labute approximate surface area is 140 Å². The molecule has 0 fully saturated rings. The van der Waals surface area contributed by atoms with Crippen LogP contribution < -0.4 is 10.1 Å². The lowest BCUT2D eigenvalue weighted by atomic mass is 10.0. The van der Waals surface area contributed by atoms with Crippen LogP contribution >= 0.6 is 0 Å². The van der Waals surface area contributed by atoms with Crippen LogP contribution in [0.15, 0.2) is 60.7 Å². The highest BCUT2D eigenvalue weighted by molar-refractivity contribution is 6.07. The highest BCUT2D eigenvalue weighted by atomic mass is 19.1. The Kier molecular flexibility index (Phi) is 4.47. The van der Waals surface area contributed by atoms with Gasteiger partial charge in [0.1, 0.15) is 11.6 Å². The summed E-state index contributed by atoms with van der Waals surface area (Å²) in [5, 5.41) is 4.01. The normalized spacial score (nSPS) is 12.0. The van der Waals surface area contributed by atoms with Crippen molar-refractivity contribution in [2.75, 3.05) is 7.11 Å². The number of rotatable bonds is 4. The van der Waals surface area contributed by atoms with Gasteiger partial charge in [0, 0.05) is 10.9 Å². The topological polar surface area (TPSA) is 38.3 Å². The lowest BCUT2D eigenvalue weighted by Crippen LogP contribution is -2.26.